The van der Waals surface area contributed by atoms with Crippen molar-refractivity contribution in [3.63, 3.8) is 0 Å². The van der Waals surface area contributed by atoms with Gasteiger partial charge in [0.2, 0.25) is 5.91 Å². The van der Waals surface area contributed by atoms with Crippen LogP contribution >= 0.6 is 0 Å². The molecule has 0 bridgehead atoms. The fourth-order valence-corrected chi connectivity index (χ4v) is 3.29. The SMILES string of the molecule is O=C(CNC(=O)c1ccccc1OC(F)F)Nc1ccccc1N1CCCCC1. The van der Waals surface area contributed by atoms with Crippen LogP contribution in [0.1, 0.15) is 29.6 Å². The molecule has 0 atom stereocenters. The van der Waals surface area contributed by atoms with E-state index < -0.39 is 18.4 Å². The van der Waals surface area contributed by atoms with Crippen LogP contribution in [0.15, 0.2) is 48.5 Å². The molecular weight excluding hydrogens is 380 g/mol. The van der Waals surface area contributed by atoms with Crippen LogP contribution in [-0.2, 0) is 4.79 Å². The Morgan fingerprint density at radius 2 is 1.69 bits per heavy atom. The molecule has 1 fully saturated rings. The summed E-state index contributed by atoms with van der Waals surface area (Å²) in [7, 11) is 0. The van der Waals surface area contributed by atoms with E-state index in [0.29, 0.717) is 5.69 Å². The minimum atomic E-state index is -3.04. The fraction of sp³-hybridized carbons (Fsp3) is 0.333. The molecule has 2 amide bonds. The number of halogens is 2. The third-order valence-corrected chi connectivity index (χ3v) is 4.63. The summed E-state index contributed by atoms with van der Waals surface area (Å²) in [6.45, 7) is -1.47. The van der Waals surface area contributed by atoms with Crippen LogP contribution in [-0.4, -0.2) is 38.1 Å². The molecule has 6 nitrogen and oxygen atoms in total. The third-order valence-electron chi connectivity index (χ3n) is 4.63. The lowest BCUT2D eigenvalue weighted by molar-refractivity contribution is -0.115. The molecule has 0 unspecified atom stereocenters. The van der Waals surface area contributed by atoms with Gasteiger partial charge in [0, 0.05) is 13.1 Å². The summed E-state index contributed by atoms with van der Waals surface area (Å²) in [6, 6.07) is 13.2. The Labute approximate surface area is 167 Å². The highest BCUT2D eigenvalue weighted by Gasteiger charge is 2.18. The predicted octanol–water partition coefficient (Wildman–Crippen LogP) is 3.65. The first-order valence-corrected chi connectivity index (χ1v) is 9.50. The summed E-state index contributed by atoms with van der Waals surface area (Å²) in [5.41, 5.74) is 1.56. The summed E-state index contributed by atoms with van der Waals surface area (Å²) >= 11 is 0. The second kappa shape index (κ2) is 9.86. The Hall–Kier alpha value is -3.16. The summed E-state index contributed by atoms with van der Waals surface area (Å²) < 4.78 is 29.3. The molecule has 2 N–H and O–H groups in total. The maximum atomic E-state index is 12.5. The molecule has 2 aromatic carbocycles. The standard InChI is InChI=1S/C21H23F2N3O3/c22-21(23)29-18-11-5-2-8-15(18)20(28)24-14-19(27)25-16-9-3-4-10-17(16)26-12-6-1-7-13-26/h2-5,8-11,21H,1,6-7,12-14H2,(H,24,28)(H,25,27). The van der Waals surface area contributed by atoms with Crippen molar-refractivity contribution < 1.29 is 23.1 Å². The van der Waals surface area contributed by atoms with Gasteiger partial charge < -0.3 is 20.3 Å². The monoisotopic (exact) mass is 403 g/mol. The maximum absolute atomic E-state index is 12.5. The highest BCUT2D eigenvalue weighted by Crippen LogP contribution is 2.28. The van der Waals surface area contributed by atoms with Crippen molar-refractivity contribution in [2.24, 2.45) is 0 Å². The lowest BCUT2D eigenvalue weighted by Crippen LogP contribution is -2.34. The largest absolute Gasteiger partial charge is 0.434 e. The third kappa shape index (κ3) is 5.66. The van der Waals surface area contributed by atoms with Crippen LogP contribution in [0, 0.1) is 0 Å². The number of carbonyl (C=O) groups is 2. The molecular formula is C21H23F2N3O3. The van der Waals surface area contributed by atoms with Crippen LogP contribution in [0.3, 0.4) is 0 Å². The number of anilines is 2. The molecule has 154 valence electrons. The smallest absolute Gasteiger partial charge is 0.387 e. The second-order valence-electron chi connectivity index (χ2n) is 6.67. The molecule has 0 spiro atoms. The van der Waals surface area contributed by atoms with Crippen LogP contribution < -0.4 is 20.3 Å². The van der Waals surface area contributed by atoms with Gasteiger partial charge in [-0.1, -0.05) is 24.3 Å². The Kier molecular flexibility index (Phi) is 6.99. The van der Waals surface area contributed by atoms with E-state index in [1.54, 1.807) is 0 Å². The zero-order valence-electron chi connectivity index (χ0n) is 15.9. The Balaban J connectivity index is 1.60. The number of rotatable bonds is 7. The van der Waals surface area contributed by atoms with E-state index in [9.17, 15) is 18.4 Å². The number of nitrogens with zero attached hydrogens (tertiary/aromatic N) is 1. The highest BCUT2D eigenvalue weighted by molar-refractivity contribution is 6.01. The van der Waals surface area contributed by atoms with Crippen molar-refractivity contribution in [1.82, 2.24) is 5.32 Å². The highest BCUT2D eigenvalue weighted by atomic mass is 19.3. The molecule has 1 saturated heterocycles. The molecule has 0 aliphatic carbocycles. The topological polar surface area (TPSA) is 70.7 Å². The first-order chi connectivity index (χ1) is 14.0. The number of ether oxygens (including phenoxy) is 1. The number of benzene rings is 2. The number of hydrogen-bond donors (Lipinski definition) is 2. The quantitative estimate of drug-likeness (QED) is 0.741. The molecule has 1 aliphatic rings. The summed E-state index contributed by atoms with van der Waals surface area (Å²) in [5, 5.41) is 5.26. The van der Waals surface area contributed by atoms with E-state index in [0.717, 1.165) is 31.6 Å². The van der Waals surface area contributed by atoms with Crippen molar-refractivity contribution in [3.05, 3.63) is 54.1 Å². The van der Waals surface area contributed by atoms with E-state index >= 15 is 0 Å². The number of carbonyl (C=O) groups excluding carboxylic acids is 2. The van der Waals surface area contributed by atoms with Crippen LogP contribution in [0.25, 0.3) is 0 Å². The zero-order valence-corrected chi connectivity index (χ0v) is 15.9. The van der Waals surface area contributed by atoms with E-state index in [1.807, 2.05) is 24.3 Å². The normalized spacial score (nSPS) is 13.8. The summed E-state index contributed by atoms with van der Waals surface area (Å²) in [6.07, 6.45) is 3.42. The van der Waals surface area contributed by atoms with E-state index in [2.05, 4.69) is 20.3 Å². The van der Waals surface area contributed by atoms with Gasteiger partial charge in [-0.2, -0.15) is 8.78 Å². The lowest BCUT2D eigenvalue weighted by atomic mass is 10.1. The molecule has 0 saturated carbocycles. The minimum Gasteiger partial charge on any atom is -0.434 e. The molecule has 8 heteroatoms. The van der Waals surface area contributed by atoms with Gasteiger partial charge in [0.1, 0.15) is 5.75 Å². The zero-order chi connectivity index (χ0) is 20.6. The van der Waals surface area contributed by atoms with Crippen LogP contribution in [0.5, 0.6) is 5.75 Å². The van der Waals surface area contributed by atoms with Crippen LogP contribution in [0.4, 0.5) is 20.2 Å². The summed E-state index contributed by atoms with van der Waals surface area (Å²) in [4.78, 5) is 26.9. The maximum Gasteiger partial charge on any atom is 0.387 e. The number of piperidine rings is 1. The van der Waals surface area contributed by atoms with Gasteiger partial charge >= 0.3 is 6.61 Å². The van der Waals surface area contributed by atoms with Crippen molar-refractivity contribution in [3.8, 4) is 5.75 Å². The minimum absolute atomic E-state index is 0.0608. The van der Waals surface area contributed by atoms with Gasteiger partial charge in [0.25, 0.3) is 5.91 Å². The number of alkyl halides is 2. The molecule has 3 rings (SSSR count). The van der Waals surface area contributed by atoms with Gasteiger partial charge in [-0.15, -0.1) is 0 Å². The molecule has 1 aliphatic heterocycles. The first kappa shape index (κ1) is 20.6. The van der Waals surface area contributed by atoms with Crippen molar-refractivity contribution >= 4 is 23.2 Å². The first-order valence-electron chi connectivity index (χ1n) is 9.50. The lowest BCUT2D eigenvalue weighted by Gasteiger charge is -2.30. The predicted molar refractivity (Wildman–Crippen MR) is 107 cm³/mol. The molecule has 0 aromatic heterocycles. The number of para-hydroxylation sites is 3. The number of hydrogen-bond acceptors (Lipinski definition) is 4. The van der Waals surface area contributed by atoms with Crippen molar-refractivity contribution in [2.45, 2.75) is 25.9 Å². The van der Waals surface area contributed by atoms with Gasteiger partial charge in [-0.05, 0) is 43.5 Å². The van der Waals surface area contributed by atoms with Gasteiger partial charge in [0.05, 0.1) is 23.5 Å². The van der Waals surface area contributed by atoms with Crippen molar-refractivity contribution in [1.29, 1.82) is 0 Å². The van der Waals surface area contributed by atoms with Crippen molar-refractivity contribution in [2.75, 3.05) is 29.9 Å². The van der Waals surface area contributed by atoms with E-state index in [4.69, 9.17) is 0 Å². The fourth-order valence-electron chi connectivity index (χ4n) is 3.29. The average molecular weight is 403 g/mol. The Morgan fingerprint density at radius 3 is 2.45 bits per heavy atom. The number of nitrogens with one attached hydrogen (secondary N) is 2. The van der Waals surface area contributed by atoms with Gasteiger partial charge in [0.15, 0.2) is 0 Å². The molecule has 0 radical (unpaired) electrons. The molecule has 2 aromatic rings. The number of amides is 2. The molecule has 29 heavy (non-hydrogen) atoms. The van der Waals surface area contributed by atoms with Gasteiger partial charge in [-0.25, -0.2) is 0 Å². The Morgan fingerprint density at radius 1 is 1.00 bits per heavy atom. The van der Waals surface area contributed by atoms with Gasteiger partial charge in [-0.3, -0.25) is 9.59 Å². The second-order valence-corrected chi connectivity index (χ2v) is 6.67. The molecule has 1 heterocycles. The summed E-state index contributed by atoms with van der Waals surface area (Å²) in [5.74, 6) is -1.31. The van der Waals surface area contributed by atoms with E-state index in [1.165, 1.54) is 30.7 Å². The van der Waals surface area contributed by atoms with Crippen LogP contribution in [0.2, 0.25) is 0 Å². The Bertz CT molecular complexity index is 855. The average Bonchev–Trinajstić information content (AvgIpc) is 2.73. The van der Waals surface area contributed by atoms with E-state index in [-0.39, 0.29) is 17.9 Å².